The highest BCUT2D eigenvalue weighted by molar-refractivity contribution is 14.0. The van der Waals surface area contributed by atoms with Crippen LogP contribution >= 0.6 is 24.0 Å². The molecule has 2 rings (SSSR count). The number of likely N-dealkylation sites (tertiary alicyclic amines) is 1. The minimum Gasteiger partial charge on any atom is -0.496 e. The Kier molecular flexibility index (Phi) is 10.1. The second-order valence-corrected chi connectivity index (χ2v) is 6.20. The van der Waals surface area contributed by atoms with Crippen LogP contribution in [-0.2, 0) is 6.54 Å². The predicted molar refractivity (Wildman–Crippen MR) is 111 cm³/mol. The molecular weight excluding hydrogens is 415 g/mol. The van der Waals surface area contributed by atoms with Crippen LogP contribution in [0, 0.1) is 5.92 Å². The maximum absolute atomic E-state index is 5.38. The van der Waals surface area contributed by atoms with E-state index in [1.807, 2.05) is 25.2 Å². The first-order chi connectivity index (χ1) is 11.2. The number of halogens is 1. The van der Waals surface area contributed by atoms with Crippen LogP contribution in [-0.4, -0.2) is 51.7 Å². The fraction of sp³-hybridized carbons (Fsp3) is 0.611. The van der Waals surface area contributed by atoms with Gasteiger partial charge in [-0.2, -0.15) is 0 Å². The fourth-order valence-electron chi connectivity index (χ4n) is 2.99. The van der Waals surface area contributed by atoms with E-state index >= 15 is 0 Å². The predicted octanol–water partition coefficient (Wildman–Crippen LogP) is 2.71. The van der Waals surface area contributed by atoms with Gasteiger partial charge in [-0.1, -0.05) is 18.2 Å². The molecule has 1 aromatic carbocycles. The zero-order valence-corrected chi connectivity index (χ0v) is 17.4. The first kappa shape index (κ1) is 21.0. The molecule has 136 valence electrons. The van der Waals surface area contributed by atoms with Gasteiger partial charge >= 0.3 is 0 Å². The summed E-state index contributed by atoms with van der Waals surface area (Å²) in [6.07, 6.45) is 3.83. The highest BCUT2D eigenvalue weighted by Gasteiger charge is 2.16. The summed E-state index contributed by atoms with van der Waals surface area (Å²) in [6.45, 7) is 4.13. The molecule has 0 bridgehead atoms. The molecule has 0 aromatic heterocycles. The highest BCUT2D eigenvalue weighted by Crippen LogP contribution is 2.19. The maximum Gasteiger partial charge on any atom is 0.191 e. The van der Waals surface area contributed by atoms with Crippen LogP contribution in [0.25, 0.3) is 0 Å². The summed E-state index contributed by atoms with van der Waals surface area (Å²) in [5, 5.41) is 6.78. The summed E-state index contributed by atoms with van der Waals surface area (Å²) in [4.78, 5) is 6.71. The Morgan fingerprint density at radius 3 is 2.62 bits per heavy atom. The first-order valence-corrected chi connectivity index (χ1v) is 8.48. The molecule has 24 heavy (non-hydrogen) atoms. The van der Waals surface area contributed by atoms with Crippen molar-refractivity contribution < 1.29 is 4.74 Å². The smallest absolute Gasteiger partial charge is 0.191 e. The van der Waals surface area contributed by atoms with Crippen molar-refractivity contribution in [3.63, 3.8) is 0 Å². The molecule has 1 saturated heterocycles. The van der Waals surface area contributed by atoms with Crippen molar-refractivity contribution in [3.05, 3.63) is 29.8 Å². The van der Waals surface area contributed by atoms with Gasteiger partial charge in [-0.05, 0) is 51.4 Å². The van der Waals surface area contributed by atoms with Crippen LogP contribution in [0.2, 0.25) is 0 Å². The van der Waals surface area contributed by atoms with Crippen molar-refractivity contribution in [3.8, 4) is 5.75 Å². The molecule has 0 radical (unpaired) electrons. The van der Waals surface area contributed by atoms with Gasteiger partial charge in [0.2, 0.25) is 0 Å². The summed E-state index contributed by atoms with van der Waals surface area (Å²) >= 11 is 0. The van der Waals surface area contributed by atoms with Gasteiger partial charge in [0.05, 0.1) is 7.11 Å². The van der Waals surface area contributed by atoms with Crippen molar-refractivity contribution >= 4 is 29.9 Å². The van der Waals surface area contributed by atoms with Crippen LogP contribution < -0.4 is 15.4 Å². The molecule has 0 aliphatic carbocycles. The number of aliphatic imine (C=N–C) groups is 1. The zero-order chi connectivity index (χ0) is 16.5. The minimum absolute atomic E-state index is 0. The number of hydrogen-bond donors (Lipinski definition) is 2. The van der Waals surface area contributed by atoms with Gasteiger partial charge in [-0.15, -0.1) is 24.0 Å². The second kappa shape index (κ2) is 11.5. The second-order valence-electron chi connectivity index (χ2n) is 6.20. The summed E-state index contributed by atoms with van der Waals surface area (Å²) < 4.78 is 5.38. The molecule has 0 spiro atoms. The molecule has 6 heteroatoms. The van der Waals surface area contributed by atoms with E-state index in [9.17, 15) is 0 Å². The number of nitrogens with zero attached hydrogens (tertiary/aromatic N) is 2. The maximum atomic E-state index is 5.38. The van der Waals surface area contributed by atoms with Crippen LogP contribution in [0.3, 0.4) is 0 Å². The molecule has 0 amide bonds. The lowest BCUT2D eigenvalue weighted by molar-refractivity contribution is 0.213. The average molecular weight is 446 g/mol. The fourth-order valence-corrected chi connectivity index (χ4v) is 2.99. The summed E-state index contributed by atoms with van der Waals surface area (Å²) in [5.74, 6) is 2.59. The minimum atomic E-state index is 0. The molecule has 1 aliphatic heterocycles. The van der Waals surface area contributed by atoms with E-state index in [-0.39, 0.29) is 24.0 Å². The molecular formula is C18H31IN4O. The molecule has 0 atom stereocenters. The Labute approximate surface area is 163 Å². The summed E-state index contributed by atoms with van der Waals surface area (Å²) in [7, 11) is 5.72. The molecule has 0 saturated carbocycles. The van der Waals surface area contributed by atoms with Crippen molar-refractivity contribution in [1.82, 2.24) is 15.5 Å². The lowest BCUT2D eigenvalue weighted by Gasteiger charge is -2.29. The van der Waals surface area contributed by atoms with Crippen molar-refractivity contribution in [2.45, 2.75) is 25.8 Å². The number of nitrogens with one attached hydrogen (secondary N) is 2. The number of para-hydroxylation sites is 1. The Hall–Kier alpha value is -1.02. The molecule has 1 aliphatic rings. The normalized spacial score (nSPS) is 16.4. The SMILES string of the molecule is CN=C(NCCC1CCN(C)CC1)NCc1ccccc1OC.I. The number of rotatable bonds is 6. The zero-order valence-electron chi connectivity index (χ0n) is 15.0. The standard InChI is InChI=1S/C18H30N4O.HI/c1-19-18(20-11-8-15-9-12-22(2)13-10-15)21-14-16-6-4-5-7-17(16)23-3;/h4-7,15H,8-14H2,1-3H3,(H2,19,20,21);1H. The quantitative estimate of drug-likeness (QED) is 0.401. The van der Waals surface area contributed by atoms with Crippen LogP contribution in [0.15, 0.2) is 29.3 Å². The van der Waals surface area contributed by atoms with Gasteiger partial charge in [0.25, 0.3) is 0 Å². The molecule has 1 aromatic rings. The van der Waals surface area contributed by atoms with Crippen LogP contribution in [0.5, 0.6) is 5.75 Å². The Bertz CT molecular complexity index is 502. The van der Waals surface area contributed by atoms with E-state index < -0.39 is 0 Å². The van der Waals surface area contributed by atoms with Crippen molar-refractivity contribution in [2.75, 3.05) is 40.8 Å². The van der Waals surface area contributed by atoms with Gasteiger partial charge in [0, 0.05) is 25.7 Å². The third kappa shape index (κ3) is 6.84. The van der Waals surface area contributed by atoms with Gasteiger partial charge in [0.1, 0.15) is 5.75 Å². The van der Waals surface area contributed by atoms with E-state index in [4.69, 9.17) is 4.74 Å². The van der Waals surface area contributed by atoms with E-state index in [0.717, 1.165) is 29.7 Å². The third-order valence-electron chi connectivity index (χ3n) is 4.55. The van der Waals surface area contributed by atoms with Gasteiger partial charge in [-0.3, -0.25) is 4.99 Å². The Morgan fingerprint density at radius 1 is 1.25 bits per heavy atom. The number of piperidine rings is 1. The first-order valence-electron chi connectivity index (χ1n) is 8.48. The summed E-state index contributed by atoms with van der Waals surface area (Å²) in [5.41, 5.74) is 1.13. The number of methoxy groups -OCH3 is 1. The molecule has 0 unspecified atom stereocenters. The number of ether oxygens (including phenoxy) is 1. The molecule has 1 heterocycles. The van der Waals surface area contributed by atoms with E-state index in [1.54, 1.807) is 7.11 Å². The number of benzene rings is 1. The van der Waals surface area contributed by atoms with Crippen LogP contribution in [0.4, 0.5) is 0 Å². The topological polar surface area (TPSA) is 48.9 Å². The molecule has 5 nitrogen and oxygen atoms in total. The number of guanidine groups is 1. The Balaban J connectivity index is 0.00000288. The lowest BCUT2D eigenvalue weighted by Crippen LogP contribution is -2.38. The molecule has 1 fully saturated rings. The van der Waals surface area contributed by atoms with Gasteiger partial charge in [0.15, 0.2) is 5.96 Å². The van der Waals surface area contributed by atoms with E-state index in [1.165, 1.54) is 32.4 Å². The lowest BCUT2D eigenvalue weighted by atomic mass is 9.94. The highest BCUT2D eigenvalue weighted by atomic mass is 127. The Morgan fingerprint density at radius 2 is 1.96 bits per heavy atom. The van der Waals surface area contributed by atoms with Crippen LogP contribution in [0.1, 0.15) is 24.8 Å². The van der Waals surface area contributed by atoms with E-state index in [2.05, 4.69) is 33.6 Å². The third-order valence-corrected chi connectivity index (χ3v) is 4.55. The largest absolute Gasteiger partial charge is 0.496 e. The molecule has 2 N–H and O–H groups in total. The van der Waals surface area contributed by atoms with Crippen molar-refractivity contribution in [1.29, 1.82) is 0 Å². The summed E-state index contributed by atoms with van der Waals surface area (Å²) in [6, 6.07) is 8.05. The monoisotopic (exact) mass is 446 g/mol. The number of hydrogen-bond acceptors (Lipinski definition) is 3. The average Bonchev–Trinajstić information content (AvgIpc) is 2.59. The van der Waals surface area contributed by atoms with Crippen molar-refractivity contribution in [2.24, 2.45) is 10.9 Å². The van der Waals surface area contributed by atoms with E-state index in [0.29, 0.717) is 6.54 Å². The van der Waals surface area contributed by atoms with Gasteiger partial charge < -0.3 is 20.3 Å². The van der Waals surface area contributed by atoms with Gasteiger partial charge in [-0.25, -0.2) is 0 Å².